The number of aromatic nitrogens is 2. The van der Waals surface area contributed by atoms with E-state index in [-0.39, 0.29) is 0 Å². The predicted molar refractivity (Wildman–Crippen MR) is 136 cm³/mol. The molecule has 3 heterocycles. The quantitative estimate of drug-likeness (QED) is 0.253. The lowest BCUT2D eigenvalue weighted by molar-refractivity contribution is 0.668. The van der Waals surface area contributed by atoms with Gasteiger partial charge < -0.3 is 4.42 Å². The average Bonchev–Trinajstić information content (AvgIpc) is 3.23. The second-order valence-corrected chi connectivity index (χ2v) is 11.0. The zero-order valence-corrected chi connectivity index (χ0v) is 19.6. The Balaban J connectivity index is 1.65. The minimum absolute atomic E-state index is 0.637. The van der Waals surface area contributed by atoms with Crippen LogP contribution in [0.3, 0.4) is 0 Å². The first-order chi connectivity index (χ1) is 15.8. The van der Waals surface area contributed by atoms with Crippen molar-refractivity contribution in [1.29, 1.82) is 0 Å². The summed E-state index contributed by atoms with van der Waals surface area (Å²) in [6, 6.07) is 27.7. The predicted octanol–water partition coefficient (Wildman–Crippen LogP) is 7.23. The van der Waals surface area contributed by atoms with Crippen LogP contribution in [0.5, 0.6) is 0 Å². The summed E-state index contributed by atoms with van der Waals surface area (Å²) in [4.78, 5) is 9.63. The fourth-order valence-corrected chi connectivity index (χ4v) is 7.43. The van der Waals surface area contributed by atoms with Crippen molar-refractivity contribution in [3.05, 3.63) is 79.0 Å². The summed E-state index contributed by atoms with van der Waals surface area (Å²) in [5.74, 6) is 0. The average molecular weight is 436 g/mol. The Morgan fingerprint density at radius 2 is 1.53 bits per heavy atom. The van der Waals surface area contributed by atoms with Gasteiger partial charge in [0.05, 0.1) is 20.2 Å². The SMILES string of the molecule is CCC[Si](CCC)c1cccc2oc3ccc(-c4cccc(-c5ccccn5)c4)nc3c12. The summed E-state index contributed by atoms with van der Waals surface area (Å²) in [7, 11) is -0.637. The van der Waals surface area contributed by atoms with E-state index in [1.54, 1.807) is 0 Å². The van der Waals surface area contributed by atoms with Crippen LogP contribution in [0.1, 0.15) is 26.7 Å². The van der Waals surface area contributed by atoms with E-state index in [4.69, 9.17) is 9.40 Å². The highest BCUT2D eigenvalue weighted by Crippen LogP contribution is 2.31. The van der Waals surface area contributed by atoms with E-state index in [1.807, 2.05) is 24.4 Å². The van der Waals surface area contributed by atoms with Gasteiger partial charge in [0.1, 0.15) is 11.1 Å². The van der Waals surface area contributed by atoms with Crippen LogP contribution in [0.15, 0.2) is 83.4 Å². The minimum Gasteiger partial charge on any atom is -0.454 e. The number of hydrogen-bond donors (Lipinski definition) is 0. The zero-order valence-electron chi connectivity index (χ0n) is 18.6. The third-order valence-electron chi connectivity index (χ3n) is 5.94. The smallest absolute Gasteiger partial charge is 0.153 e. The molecule has 3 nitrogen and oxygen atoms in total. The van der Waals surface area contributed by atoms with Crippen LogP contribution in [0.25, 0.3) is 44.6 Å². The van der Waals surface area contributed by atoms with E-state index < -0.39 is 8.80 Å². The van der Waals surface area contributed by atoms with E-state index in [0.717, 1.165) is 39.2 Å². The number of hydrogen-bond acceptors (Lipinski definition) is 3. The van der Waals surface area contributed by atoms with Crippen molar-refractivity contribution < 1.29 is 4.42 Å². The lowest BCUT2D eigenvalue weighted by Crippen LogP contribution is -2.29. The van der Waals surface area contributed by atoms with Crippen molar-refractivity contribution in [3.8, 4) is 22.5 Å². The third kappa shape index (κ3) is 3.87. The van der Waals surface area contributed by atoms with E-state index in [1.165, 1.54) is 35.5 Å². The molecule has 0 fully saturated rings. The molecule has 159 valence electrons. The van der Waals surface area contributed by atoms with Crippen LogP contribution in [-0.2, 0) is 0 Å². The molecule has 0 amide bonds. The summed E-state index contributed by atoms with van der Waals surface area (Å²) >= 11 is 0. The zero-order chi connectivity index (χ0) is 21.9. The Labute approximate surface area is 190 Å². The second-order valence-electron chi connectivity index (χ2n) is 8.22. The Bertz CT molecular complexity index is 1350. The fourth-order valence-electron chi connectivity index (χ4n) is 4.51. The Morgan fingerprint density at radius 1 is 0.750 bits per heavy atom. The van der Waals surface area contributed by atoms with Crippen molar-refractivity contribution in [2.75, 3.05) is 0 Å². The van der Waals surface area contributed by atoms with Crippen LogP contribution < -0.4 is 5.19 Å². The van der Waals surface area contributed by atoms with Gasteiger partial charge >= 0.3 is 0 Å². The van der Waals surface area contributed by atoms with E-state index in [0.29, 0.717) is 0 Å². The maximum Gasteiger partial charge on any atom is 0.153 e. The van der Waals surface area contributed by atoms with Gasteiger partial charge in [0, 0.05) is 22.7 Å². The lowest BCUT2D eigenvalue weighted by atomic mass is 10.0. The summed E-state index contributed by atoms with van der Waals surface area (Å²) < 4.78 is 6.23. The Morgan fingerprint density at radius 3 is 2.28 bits per heavy atom. The Kier molecular flexibility index (Phi) is 5.87. The number of furan rings is 1. The van der Waals surface area contributed by atoms with Gasteiger partial charge in [0.2, 0.25) is 0 Å². The molecule has 32 heavy (non-hydrogen) atoms. The molecule has 1 radical (unpaired) electrons. The molecule has 0 aliphatic heterocycles. The molecule has 2 aromatic carbocycles. The summed E-state index contributed by atoms with van der Waals surface area (Å²) in [5.41, 5.74) is 6.94. The molecule has 0 saturated heterocycles. The topological polar surface area (TPSA) is 38.9 Å². The first kappa shape index (κ1) is 20.6. The molecule has 5 rings (SSSR count). The van der Waals surface area contributed by atoms with E-state index in [9.17, 15) is 0 Å². The maximum absolute atomic E-state index is 6.23. The van der Waals surface area contributed by atoms with Crippen LogP contribution >= 0.6 is 0 Å². The molecule has 0 unspecified atom stereocenters. The largest absolute Gasteiger partial charge is 0.454 e. The lowest BCUT2D eigenvalue weighted by Gasteiger charge is -2.14. The number of fused-ring (bicyclic) bond motifs is 3. The van der Waals surface area contributed by atoms with Gasteiger partial charge in [0.25, 0.3) is 0 Å². The van der Waals surface area contributed by atoms with E-state index >= 15 is 0 Å². The van der Waals surface area contributed by atoms with Crippen LogP contribution in [0.4, 0.5) is 0 Å². The van der Waals surface area contributed by atoms with Gasteiger partial charge in [-0.3, -0.25) is 4.98 Å². The van der Waals surface area contributed by atoms with E-state index in [2.05, 4.69) is 73.4 Å². The van der Waals surface area contributed by atoms with Gasteiger partial charge in [-0.25, -0.2) is 4.98 Å². The van der Waals surface area contributed by atoms with Crippen molar-refractivity contribution in [2.45, 2.75) is 38.8 Å². The molecule has 0 spiro atoms. The van der Waals surface area contributed by atoms with Crippen molar-refractivity contribution in [3.63, 3.8) is 0 Å². The van der Waals surface area contributed by atoms with Gasteiger partial charge in [-0.05, 0) is 41.6 Å². The molecule has 0 saturated carbocycles. The molecule has 0 aliphatic rings. The molecule has 0 N–H and O–H groups in total. The van der Waals surface area contributed by atoms with Crippen LogP contribution in [-0.4, -0.2) is 18.8 Å². The summed E-state index contributed by atoms with van der Waals surface area (Å²) in [6.45, 7) is 4.58. The molecular formula is C28H27N2OSi. The monoisotopic (exact) mass is 435 g/mol. The molecule has 0 aliphatic carbocycles. The van der Waals surface area contributed by atoms with Gasteiger partial charge in [0.15, 0.2) is 5.58 Å². The number of nitrogens with zero attached hydrogens (tertiary/aromatic N) is 2. The molecule has 3 aromatic heterocycles. The van der Waals surface area contributed by atoms with Crippen molar-refractivity contribution in [2.24, 2.45) is 0 Å². The Hall–Kier alpha value is -3.24. The van der Waals surface area contributed by atoms with Crippen molar-refractivity contribution >= 4 is 36.1 Å². The summed E-state index contributed by atoms with van der Waals surface area (Å²) in [5, 5.41) is 2.70. The molecule has 0 bridgehead atoms. The first-order valence-electron chi connectivity index (χ1n) is 11.5. The standard InChI is InChI=1S/C28H27N2OSi/c1-3-17-32(18-4-2)26-13-8-12-24-27(26)28-25(31-24)15-14-23(30-28)21-10-7-9-20(19-21)22-11-5-6-16-29-22/h5-16,19H,3-4,17-18H2,1-2H3. The fraction of sp³-hybridized carbons (Fsp3) is 0.214. The highest BCUT2D eigenvalue weighted by atomic mass is 28.3. The van der Waals surface area contributed by atoms with Crippen LogP contribution in [0.2, 0.25) is 12.1 Å². The highest BCUT2D eigenvalue weighted by Gasteiger charge is 2.20. The van der Waals surface area contributed by atoms with Gasteiger partial charge in [-0.2, -0.15) is 0 Å². The number of benzene rings is 2. The molecule has 4 heteroatoms. The minimum atomic E-state index is -0.637. The van der Waals surface area contributed by atoms with Gasteiger partial charge in [-0.1, -0.05) is 75.2 Å². The third-order valence-corrected chi connectivity index (χ3v) is 9.33. The second kappa shape index (κ2) is 9.09. The van der Waals surface area contributed by atoms with Crippen LogP contribution in [0, 0.1) is 0 Å². The van der Waals surface area contributed by atoms with Crippen molar-refractivity contribution in [1.82, 2.24) is 9.97 Å². The molecule has 5 aromatic rings. The number of rotatable bonds is 7. The molecule has 0 atom stereocenters. The highest BCUT2D eigenvalue weighted by molar-refractivity contribution is 6.76. The normalized spacial score (nSPS) is 11.6. The number of pyridine rings is 2. The molecular weight excluding hydrogens is 408 g/mol. The maximum atomic E-state index is 6.23. The van der Waals surface area contributed by atoms with Gasteiger partial charge in [-0.15, -0.1) is 0 Å². The summed E-state index contributed by atoms with van der Waals surface area (Å²) in [6.07, 6.45) is 4.27. The first-order valence-corrected chi connectivity index (χ1v) is 13.4.